The number of thiazole rings is 1. The summed E-state index contributed by atoms with van der Waals surface area (Å²) in [6, 6.07) is 10.5. The Labute approximate surface area is 116 Å². The van der Waals surface area contributed by atoms with Crippen LogP contribution in [0.1, 0.15) is 30.0 Å². The Morgan fingerprint density at radius 1 is 1.21 bits per heavy atom. The number of benzene rings is 1. The normalized spacial score (nSPS) is 12.8. The quantitative estimate of drug-likeness (QED) is 0.752. The third kappa shape index (κ3) is 2.49. The fraction of sp³-hybridized carbons (Fsp3) is 0.267. The van der Waals surface area contributed by atoms with Crippen molar-refractivity contribution in [3.8, 4) is 0 Å². The molecule has 0 fully saturated rings. The van der Waals surface area contributed by atoms with Gasteiger partial charge in [-0.1, -0.05) is 17.4 Å². The maximum atomic E-state index is 5.63. The summed E-state index contributed by atoms with van der Waals surface area (Å²) in [5.41, 5.74) is 2.29. The number of rotatable bonds is 3. The van der Waals surface area contributed by atoms with Crippen molar-refractivity contribution in [2.75, 3.05) is 5.32 Å². The van der Waals surface area contributed by atoms with E-state index in [0.29, 0.717) is 0 Å². The molecule has 0 aliphatic heterocycles. The van der Waals surface area contributed by atoms with E-state index >= 15 is 0 Å². The minimum Gasteiger partial charge on any atom is -0.464 e. The molecule has 0 aliphatic carbocycles. The van der Waals surface area contributed by atoms with Gasteiger partial charge in [0.15, 0.2) is 5.13 Å². The lowest BCUT2D eigenvalue weighted by molar-refractivity contribution is 0.467. The number of aromatic nitrogens is 1. The van der Waals surface area contributed by atoms with Crippen LogP contribution in [-0.4, -0.2) is 4.98 Å². The summed E-state index contributed by atoms with van der Waals surface area (Å²) in [6.45, 7) is 6.12. The zero-order valence-corrected chi connectivity index (χ0v) is 12.0. The van der Waals surface area contributed by atoms with Gasteiger partial charge in [0.2, 0.25) is 0 Å². The van der Waals surface area contributed by atoms with E-state index in [9.17, 15) is 0 Å². The van der Waals surface area contributed by atoms with Crippen LogP contribution in [0, 0.1) is 13.8 Å². The number of hydrogen-bond acceptors (Lipinski definition) is 4. The maximum absolute atomic E-state index is 5.63. The van der Waals surface area contributed by atoms with Crippen molar-refractivity contribution in [1.82, 2.24) is 4.98 Å². The minimum atomic E-state index is 0.121. The lowest BCUT2D eigenvalue weighted by Crippen LogP contribution is -2.04. The third-order valence-corrected chi connectivity index (χ3v) is 4.04. The molecule has 0 bridgehead atoms. The number of furan rings is 1. The second-order valence-electron chi connectivity index (χ2n) is 4.80. The number of anilines is 1. The molecule has 0 aliphatic rings. The third-order valence-electron chi connectivity index (χ3n) is 3.07. The van der Waals surface area contributed by atoms with E-state index in [-0.39, 0.29) is 6.04 Å². The van der Waals surface area contributed by atoms with Gasteiger partial charge in [-0.2, -0.15) is 0 Å². The summed E-state index contributed by atoms with van der Waals surface area (Å²) in [6.07, 6.45) is 0. The van der Waals surface area contributed by atoms with Gasteiger partial charge in [-0.25, -0.2) is 4.98 Å². The molecule has 0 spiro atoms. The van der Waals surface area contributed by atoms with Gasteiger partial charge in [0.1, 0.15) is 11.5 Å². The number of aryl methyl sites for hydroxylation is 2. The lowest BCUT2D eigenvalue weighted by atomic mass is 10.2. The fourth-order valence-electron chi connectivity index (χ4n) is 2.04. The number of nitrogens with zero attached hydrogens (tertiary/aromatic N) is 1. The van der Waals surface area contributed by atoms with E-state index in [1.807, 2.05) is 19.1 Å². The molecule has 2 aromatic heterocycles. The molecule has 2 heterocycles. The SMILES string of the molecule is Cc1ccc2sc(NC(C)c3ccc(C)o3)nc2c1. The maximum Gasteiger partial charge on any atom is 0.184 e. The number of fused-ring (bicyclic) bond motifs is 1. The zero-order valence-electron chi connectivity index (χ0n) is 11.2. The molecule has 4 heteroatoms. The van der Waals surface area contributed by atoms with E-state index in [1.165, 1.54) is 10.3 Å². The van der Waals surface area contributed by atoms with Gasteiger partial charge in [0.05, 0.1) is 16.3 Å². The average molecular weight is 272 g/mol. The van der Waals surface area contributed by atoms with Gasteiger partial charge in [-0.05, 0) is 50.6 Å². The van der Waals surface area contributed by atoms with Crippen LogP contribution in [0.4, 0.5) is 5.13 Å². The van der Waals surface area contributed by atoms with Gasteiger partial charge >= 0.3 is 0 Å². The molecule has 0 saturated heterocycles. The molecule has 98 valence electrons. The van der Waals surface area contributed by atoms with Crippen molar-refractivity contribution in [3.63, 3.8) is 0 Å². The molecule has 0 radical (unpaired) electrons. The van der Waals surface area contributed by atoms with Gasteiger partial charge in [-0.3, -0.25) is 0 Å². The Morgan fingerprint density at radius 3 is 2.79 bits per heavy atom. The van der Waals surface area contributed by atoms with Crippen molar-refractivity contribution in [2.45, 2.75) is 26.8 Å². The molecule has 1 unspecified atom stereocenters. The van der Waals surface area contributed by atoms with Gasteiger partial charge < -0.3 is 9.73 Å². The largest absolute Gasteiger partial charge is 0.464 e. The smallest absolute Gasteiger partial charge is 0.184 e. The van der Waals surface area contributed by atoms with Crippen LogP contribution in [-0.2, 0) is 0 Å². The lowest BCUT2D eigenvalue weighted by Gasteiger charge is -2.09. The molecule has 3 rings (SSSR count). The second kappa shape index (κ2) is 4.70. The molecule has 3 nitrogen and oxygen atoms in total. The van der Waals surface area contributed by atoms with Gasteiger partial charge in [0, 0.05) is 0 Å². The predicted octanol–water partition coefficient (Wildman–Crippen LogP) is 4.68. The van der Waals surface area contributed by atoms with Crippen molar-refractivity contribution in [3.05, 3.63) is 47.4 Å². The van der Waals surface area contributed by atoms with Crippen LogP contribution in [0.15, 0.2) is 34.7 Å². The molecular formula is C15H16N2OS. The first-order chi connectivity index (χ1) is 9.11. The number of nitrogens with one attached hydrogen (secondary N) is 1. The van der Waals surface area contributed by atoms with E-state index in [0.717, 1.165) is 22.2 Å². The first-order valence-corrected chi connectivity index (χ1v) is 7.13. The Balaban J connectivity index is 1.85. The predicted molar refractivity (Wildman–Crippen MR) is 79.8 cm³/mol. The molecule has 3 aromatic rings. The highest BCUT2D eigenvalue weighted by molar-refractivity contribution is 7.22. The van der Waals surface area contributed by atoms with Crippen LogP contribution in [0.2, 0.25) is 0 Å². The van der Waals surface area contributed by atoms with Crippen molar-refractivity contribution in [2.24, 2.45) is 0 Å². The van der Waals surface area contributed by atoms with Crippen LogP contribution in [0.5, 0.6) is 0 Å². The Morgan fingerprint density at radius 2 is 2.05 bits per heavy atom. The van der Waals surface area contributed by atoms with E-state index in [2.05, 4.69) is 42.3 Å². The Hall–Kier alpha value is -1.81. The fourth-order valence-corrected chi connectivity index (χ4v) is 2.97. The molecule has 0 amide bonds. The molecule has 1 N–H and O–H groups in total. The van der Waals surface area contributed by atoms with Crippen molar-refractivity contribution < 1.29 is 4.42 Å². The monoisotopic (exact) mass is 272 g/mol. The number of hydrogen-bond donors (Lipinski definition) is 1. The molecule has 1 aromatic carbocycles. The van der Waals surface area contributed by atoms with E-state index in [1.54, 1.807) is 11.3 Å². The van der Waals surface area contributed by atoms with E-state index < -0.39 is 0 Å². The Bertz CT molecular complexity index is 714. The Kier molecular flexibility index (Phi) is 3.03. The van der Waals surface area contributed by atoms with Crippen molar-refractivity contribution in [1.29, 1.82) is 0 Å². The summed E-state index contributed by atoms with van der Waals surface area (Å²) in [4.78, 5) is 4.61. The first-order valence-electron chi connectivity index (χ1n) is 6.32. The molecular weight excluding hydrogens is 256 g/mol. The topological polar surface area (TPSA) is 38.1 Å². The summed E-state index contributed by atoms with van der Waals surface area (Å²) in [5.74, 6) is 1.87. The minimum absolute atomic E-state index is 0.121. The van der Waals surface area contributed by atoms with Gasteiger partial charge in [0.25, 0.3) is 0 Å². The zero-order chi connectivity index (χ0) is 13.4. The van der Waals surface area contributed by atoms with E-state index in [4.69, 9.17) is 4.42 Å². The standard InChI is InChI=1S/C15H16N2OS/c1-9-4-7-14-12(8-9)17-15(19-14)16-11(3)13-6-5-10(2)18-13/h4-8,11H,1-3H3,(H,16,17). The molecule has 0 saturated carbocycles. The summed E-state index contributed by atoms with van der Waals surface area (Å²) < 4.78 is 6.83. The van der Waals surface area contributed by atoms with Crippen molar-refractivity contribution >= 4 is 26.7 Å². The van der Waals surface area contributed by atoms with Gasteiger partial charge in [-0.15, -0.1) is 0 Å². The first kappa shape index (κ1) is 12.2. The van der Waals surface area contributed by atoms with Crippen LogP contribution < -0.4 is 5.32 Å². The molecule has 1 atom stereocenters. The summed E-state index contributed by atoms with van der Waals surface area (Å²) in [5, 5.41) is 4.33. The highest BCUT2D eigenvalue weighted by Gasteiger charge is 2.12. The van der Waals surface area contributed by atoms with Crippen LogP contribution >= 0.6 is 11.3 Å². The van der Waals surface area contributed by atoms with Crippen LogP contribution in [0.25, 0.3) is 10.2 Å². The molecule has 19 heavy (non-hydrogen) atoms. The highest BCUT2D eigenvalue weighted by atomic mass is 32.1. The van der Waals surface area contributed by atoms with Crippen LogP contribution in [0.3, 0.4) is 0 Å². The average Bonchev–Trinajstić information content (AvgIpc) is 2.94. The second-order valence-corrected chi connectivity index (χ2v) is 5.84. The highest BCUT2D eigenvalue weighted by Crippen LogP contribution is 2.29. The summed E-state index contributed by atoms with van der Waals surface area (Å²) in [7, 11) is 0. The summed E-state index contributed by atoms with van der Waals surface area (Å²) >= 11 is 1.67.